The van der Waals surface area contributed by atoms with E-state index in [2.05, 4.69) is 29.2 Å². The predicted molar refractivity (Wildman–Crippen MR) is 118 cm³/mol. The zero-order chi connectivity index (χ0) is 21.1. The molecule has 3 aromatic rings. The number of fused-ring (bicyclic) bond motifs is 1. The van der Waals surface area contributed by atoms with E-state index in [1.165, 1.54) is 0 Å². The summed E-state index contributed by atoms with van der Waals surface area (Å²) in [6, 6.07) is 1.73. The fourth-order valence-electron chi connectivity index (χ4n) is 3.90. The van der Waals surface area contributed by atoms with Crippen LogP contribution in [-0.4, -0.2) is 61.1 Å². The molecule has 2 N–H and O–H groups in total. The summed E-state index contributed by atoms with van der Waals surface area (Å²) in [5.41, 5.74) is 1.54. The lowest BCUT2D eigenvalue weighted by atomic mass is 10.0. The molecule has 1 atom stereocenters. The van der Waals surface area contributed by atoms with Gasteiger partial charge in [-0.25, -0.2) is 14.5 Å². The number of aliphatic hydroxyl groups is 1. The highest BCUT2D eigenvalue weighted by atomic mass is 32.1. The molecule has 3 aromatic heterocycles. The quantitative estimate of drug-likeness (QED) is 0.532. The number of aldehydes is 1. The molecule has 0 bridgehead atoms. The summed E-state index contributed by atoms with van der Waals surface area (Å²) < 4.78 is 1.81. The molecule has 1 aliphatic rings. The van der Waals surface area contributed by atoms with Crippen molar-refractivity contribution in [2.45, 2.75) is 57.7 Å². The van der Waals surface area contributed by atoms with Gasteiger partial charge < -0.3 is 15.2 Å². The maximum absolute atomic E-state index is 12.1. The summed E-state index contributed by atoms with van der Waals surface area (Å²) in [6.45, 7) is 5.62. The lowest BCUT2D eigenvalue weighted by molar-refractivity contribution is -0.113. The number of nitrogens with zero attached hydrogens (tertiary/aromatic N) is 5. The summed E-state index contributed by atoms with van der Waals surface area (Å²) in [5, 5.41) is 19.7. The average molecular weight is 429 g/mol. The fraction of sp³-hybridized carbons (Fsp3) is 0.524. The molecule has 1 aliphatic heterocycles. The first-order valence-electron chi connectivity index (χ1n) is 10.6. The Morgan fingerprint density at radius 1 is 1.30 bits per heavy atom. The topological polar surface area (TPSA) is 95.7 Å². The first kappa shape index (κ1) is 20.9. The van der Waals surface area contributed by atoms with Crippen LogP contribution < -0.4 is 5.32 Å². The van der Waals surface area contributed by atoms with E-state index >= 15 is 0 Å². The molecule has 8 nitrogen and oxygen atoms in total. The molecule has 0 radical (unpaired) electrons. The van der Waals surface area contributed by atoms with Crippen molar-refractivity contribution in [3.05, 3.63) is 29.5 Å². The first-order valence-corrected chi connectivity index (χ1v) is 11.4. The number of aromatic nitrogens is 4. The molecular formula is C21H28N6O2S. The smallest absolute Gasteiger partial charge is 0.166 e. The number of nitrogens with one attached hydrogen (secondary N) is 1. The largest absolute Gasteiger partial charge is 0.393 e. The minimum Gasteiger partial charge on any atom is -0.393 e. The van der Waals surface area contributed by atoms with Crippen molar-refractivity contribution in [1.82, 2.24) is 24.5 Å². The van der Waals surface area contributed by atoms with Crippen LogP contribution in [0.1, 0.15) is 51.3 Å². The Balaban J connectivity index is 1.74. The second-order valence-electron chi connectivity index (χ2n) is 7.72. The number of likely N-dealkylation sites (tertiary alicyclic amines) is 1. The van der Waals surface area contributed by atoms with Crippen LogP contribution in [0.25, 0.3) is 16.2 Å². The third-order valence-electron chi connectivity index (χ3n) is 5.78. The highest BCUT2D eigenvalue weighted by Crippen LogP contribution is 2.30. The van der Waals surface area contributed by atoms with E-state index in [0.717, 1.165) is 35.3 Å². The monoisotopic (exact) mass is 428 g/mol. The lowest BCUT2D eigenvalue weighted by Gasteiger charge is -2.33. The van der Waals surface area contributed by atoms with Crippen molar-refractivity contribution >= 4 is 28.3 Å². The number of carbonyl (C=O) groups is 1. The number of thiazole rings is 1. The first-order chi connectivity index (χ1) is 14.6. The maximum atomic E-state index is 12.1. The van der Waals surface area contributed by atoms with Crippen LogP contribution in [-0.2, 0) is 4.79 Å². The number of aliphatic hydroxyl groups excluding tert-OH is 1. The van der Waals surface area contributed by atoms with Crippen molar-refractivity contribution in [2.75, 3.05) is 18.4 Å². The molecule has 1 saturated heterocycles. The Hall–Kier alpha value is -2.36. The number of anilines is 1. The Labute approximate surface area is 180 Å². The van der Waals surface area contributed by atoms with Crippen molar-refractivity contribution in [2.24, 2.45) is 0 Å². The third-order valence-corrected chi connectivity index (χ3v) is 6.67. The van der Waals surface area contributed by atoms with Crippen molar-refractivity contribution < 1.29 is 9.90 Å². The van der Waals surface area contributed by atoms with Gasteiger partial charge >= 0.3 is 0 Å². The van der Waals surface area contributed by atoms with Crippen LogP contribution in [0.3, 0.4) is 0 Å². The van der Waals surface area contributed by atoms with Gasteiger partial charge in [-0.2, -0.15) is 5.10 Å². The summed E-state index contributed by atoms with van der Waals surface area (Å²) >= 11 is 1.58. The fourth-order valence-corrected chi connectivity index (χ4v) is 4.69. The molecular weight excluding hydrogens is 400 g/mol. The van der Waals surface area contributed by atoms with Gasteiger partial charge in [0.05, 0.1) is 23.6 Å². The van der Waals surface area contributed by atoms with Crippen molar-refractivity contribution in [1.29, 1.82) is 0 Å². The van der Waals surface area contributed by atoms with Crippen LogP contribution in [0.2, 0.25) is 0 Å². The molecule has 30 heavy (non-hydrogen) atoms. The van der Waals surface area contributed by atoms with Crippen LogP contribution in [0, 0.1) is 0 Å². The Bertz CT molecular complexity index is 990. The van der Waals surface area contributed by atoms with Crippen LogP contribution in [0.4, 0.5) is 5.82 Å². The summed E-state index contributed by atoms with van der Waals surface area (Å²) in [5.74, 6) is 1.30. The van der Waals surface area contributed by atoms with Crippen molar-refractivity contribution in [3.63, 3.8) is 0 Å². The van der Waals surface area contributed by atoms with E-state index < -0.39 is 6.04 Å². The summed E-state index contributed by atoms with van der Waals surface area (Å²) in [7, 11) is 0. The van der Waals surface area contributed by atoms with E-state index in [-0.39, 0.29) is 6.10 Å². The second kappa shape index (κ2) is 9.20. The number of rotatable bonds is 8. The van der Waals surface area contributed by atoms with Gasteiger partial charge in [-0.1, -0.05) is 13.8 Å². The molecule has 1 unspecified atom stereocenters. The standard InChI is InChI=1S/C21H28N6O2S/c1-3-14(4-2)23-19-11-17(18(13-28)26-7-5-15(29)6-8-26)24-20(25-19)16-12-22-27-9-10-30-21(16)27/h9-15,18,29H,3-8H2,1-2H3,(H,23,24,25). The SMILES string of the molecule is CCC(CC)Nc1cc(C(C=O)N2CCC(O)CC2)nc(-c2cnn3ccsc23)n1. The second-order valence-corrected chi connectivity index (χ2v) is 8.61. The van der Waals surface area contributed by atoms with Crippen LogP contribution in [0.5, 0.6) is 0 Å². The van der Waals surface area contributed by atoms with Gasteiger partial charge in [0.15, 0.2) is 5.82 Å². The molecule has 0 aromatic carbocycles. The highest BCUT2D eigenvalue weighted by Gasteiger charge is 2.27. The van der Waals surface area contributed by atoms with E-state index in [0.29, 0.717) is 43.5 Å². The molecule has 160 valence electrons. The van der Waals surface area contributed by atoms with Gasteiger partial charge in [0.1, 0.15) is 23.0 Å². The Morgan fingerprint density at radius 2 is 2.07 bits per heavy atom. The highest BCUT2D eigenvalue weighted by molar-refractivity contribution is 7.16. The average Bonchev–Trinajstić information content (AvgIpc) is 3.38. The van der Waals surface area contributed by atoms with Gasteiger partial charge in [0, 0.05) is 36.8 Å². The van der Waals surface area contributed by atoms with Crippen LogP contribution >= 0.6 is 11.3 Å². The third kappa shape index (κ3) is 4.23. The summed E-state index contributed by atoms with van der Waals surface area (Å²) in [4.78, 5) is 24.7. The lowest BCUT2D eigenvalue weighted by Crippen LogP contribution is -2.39. The van der Waals surface area contributed by atoms with Gasteiger partial charge in [-0.15, -0.1) is 11.3 Å². The Morgan fingerprint density at radius 3 is 2.77 bits per heavy atom. The molecule has 0 spiro atoms. The van der Waals surface area contributed by atoms with Gasteiger partial charge in [-0.05, 0) is 25.7 Å². The Kier molecular flexibility index (Phi) is 6.40. The van der Waals surface area contributed by atoms with Crippen molar-refractivity contribution in [3.8, 4) is 11.4 Å². The molecule has 1 fully saturated rings. The van der Waals surface area contributed by atoms with E-state index in [9.17, 15) is 9.90 Å². The van der Waals surface area contributed by atoms with E-state index in [4.69, 9.17) is 9.97 Å². The predicted octanol–water partition coefficient (Wildman–Crippen LogP) is 3.15. The van der Waals surface area contributed by atoms with Gasteiger partial charge in [-0.3, -0.25) is 4.90 Å². The van der Waals surface area contributed by atoms with Gasteiger partial charge in [0.2, 0.25) is 0 Å². The summed E-state index contributed by atoms with van der Waals surface area (Å²) in [6.07, 6.45) is 7.64. The number of carbonyl (C=O) groups excluding carboxylic acids is 1. The van der Waals surface area contributed by atoms with E-state index in [1.807, 2.05) is 22.2 Å². The van der Waals surface area contributed by atoms with E-state index in [1.54, 1.807) is 17.5 Å². The zero-order valence-electron chi connectivity index (χ0n) is 17.4. The van der Waals surface area contributed by atoms with Gasteiger partial charge in [0.25, 0.3) is 0 Å². The number of hydrogen-bond donors (Lipinski definition) is 2. The number of hydrogen-bond acceptors (Lipinski definition) is 8. The minimum atomic E-state index is -0.462. The zero-order valence-corrected chi connectivity index (χ0v) is 18.2. The normalized spacial score (nSPS) is 16.9. The van der Waals surface area contributed by atoms with Crippen LogP contribution in [0.15, 0.2) is 23.8 Å². The maximum Gasteiger partial charge on any atom is 0.166 e. The molecule has 0 amide bonds. The molecule has 0 saturated carbocycles. The molecule has 4 rings (SSSR count). The molecule has 0 aliphatic carbocycles. The molecule has 4 heterocycles. The molecule has 9 heteroatoms. The number of piperidine rings is 1. The minimum absolute atomic E-state index is 0.291.